The SMILES string of the molecule is CC(C)NC(=O)CSc1nnc(Cc2ccccc2)n1-c1ccccc1. The number of nitrogens with zero attached hydrogens (tertiary/aromatic N) is 3. The van der Waals surface area contributed by atoms with Crippen molar-refractivity contribution in [1.29, 1.82) is 0 Å². The lowest BCUT2D eigenvalue weighted by Gasteiger charge is -2.11. The maximum absolute atomic E-state index is 12.0. The Kier molecular flexibility index (Phi) is 6.07. The lowest BCUT2D eigenvalue weighted by atomic mass is 10.1. The summed E-state index contributed by atoms with van der Waals surface area (Å²) in [4.78, 5) is 12.0. The number of para-hydroxylation sites is 1. The third kappa shape index (κ3) is 4.73. The van der Waals surface area contributed by atoms with Crippen LogP contribution in [0.4, 0.5) is 0 Å². The van der Waals surface area contributed by atoms with Gasteiger partial charge in [-0.15, -0.1) is 10.2 Å². The molecule has 5 nitrogen and oxygen atoms in total. The van der Waals surface area contributed by atoms with Crippen LogP contribution in [0, 0.1) is 0 Å². The number of rotatable bonds is 7. The quantitative estimate of drug-likeness (QED) is 0.651. The third-order valence-electron chi connectivity index (χ3n) is 3.70. The molecule has 3 rings (SSSR count). The van der Waals surface area contributed by atoms with Gasteiger partial charge in [0.05, 0.1) is 5.75 Å². The molecule has 0 saturated carbocycles. The van der Waals surface area contributed by atoms with Gasteiger partial charge >= 0.3 is 0 Å². The number of amides is 1. The highest BCUT2D eigenvalue weighted by Gasteiger charge is 2.16. The number of hydrogen-bond acceptors (Lipinski definition) is 4. The zero-order valence-corrected chi connectivity index (χ0v) is 15.7. The van der Waals surface area contributed by atoms with Gasteiger partial charge in [-0.05, 0) is 31.5 Å². The van der Waals surface area contributed by atoms with Crippen LogP contribution in [0.1, 0.15) is 25.2 Å². The fourth-order valence-electron chi connectivity index (χ4n) is 2.62. The smallest absolute Gasteiger partial charge is 0.230 e. The number of thioether (sulfide) groups is 1. The molecule has 0 fully saturated rings. The summed E-state index contributed by atoms with van der Waals surface area (Å²) in [5.41, 5.74) is 2.17. The molecule has 26 heavy (non-hydrogen) atoms. The fraction of sp³-hybridized carbons (Fsp3) is 0.250. The highest BCUT2D eigenvalue weighted by Crippen LogP contribution is 2.23. The Labute approximate surface area is 157 Å². The zero-order chi connectivity index (χ0) is 18.4. The first-order valence-corrected chi connectivity index (χ1v) is 9.58. The van der Waals surface area contributed by atoms with E-state index >= 15 is 0 Å². The first kappa shape index (κ1) is 18.2. The maximum atomic E-state index is 12.0. The van der Waals surface area contributed by atoms with Gasteiger partial charge in [0, 0.05) is 18.2 Å². The van der Waals surface area contributed by atoms with Crippen LogP contribution in [-0.2, 0) is 11.2 Å². The van der Waals surface area contributed by atoms with E-state index in [4.69, 9.17) is 0 Å². The summed E-state index contributed by atoms with van der Waals surface area (Å²) in [5.74, 6) is 1.17. The molecule has 1 N–H and O–H groups in total. The normalized spacial score (nSPS) is 10.9. The summed E-state index contributed by atoms with van der Waals surface area (Å²) in [6.45, 7) is 3.90. The van der Waals surface area contributed by atoms with Crippen molar-refractivity contribution in [1.82, 2.24) is 20.1 Å². The average molecular weight is 366 g/mol. The van der Waals surface area contributed by atoms with Crippen molar-refractivity contribution < 1.29 is 4.79 Å². The first-order chi connectivity index (χ1) is 12.6. The van der Waals surface area contributed by atoms with E-state index in [2.05, 4.69) is 27.6 Å². The second-order valence-electron chi connectivity index (χ2n) is 6.24. The molecule has 0 aliphatic carbocycles. The van der Waals surface area contributed by atoms with Crippen molar-refractivity contribution >= 4 is 17.7 Å². The standard InChI is InChI=1S/C20H22N4OS/c1-15(2)21-19(25)14-26-20-23-22-18(13-16-9-5-3-6-10-16)24(20)17-11-7-4-8-12-17/h3-12,15H,13-14H2,1-2H3,(H,21,25). The van der Waals surface area contributed by atoms with Crippen LogP contribution in [0.25, 0.3) is 5.69 Å². The Bertz CT molecular complexity index is 847. The molecular weight excluding hydrogens is 344 g/mol. The summed E-state index contributed by atoms with van der Waals surface area (Å²) < 4.78 is 2.03. The molecule has 0 aliphatic rings. The van der Waals surface area contributed by atoms with E-state index in [0.717, 1.165) is 16.7 Å². The van der Waals surface area contributed by atoms with E-state index in [9.17, 15) is 4.79 Å². The van der Waals surface area contributed by atoms with Crippen molar-refractivity contribution in [2.45, 2.75) is 31.5 Å². The summed E-state index contributed by atoms with van der Waals surface area (Å²) in [5, 5.41) is 12.3. The highest BCUT2D eigenvalue weighted by atomic mass is 32.2. The molecule has 0 saturated heterocycles. The summed E-state index contributed by atoms with van der Waals surface area (Å²) in [6.07, 6.45) is 0.682. The second-order valence-corrected chi connectivity index (χ2v) is 7.19. The van der Waals surface area contributed by atoms with Crippen LogP contribution >= 0.6 is 11.8 Å². The van der Waals surface area contributed by atoms with Crippen LogP contribution in [0.3, 0.4) is 0 Å². The summed E-state index contributed by atoms with van der Waals surface area (Å²) in [7, 11) is 0. The molecule has 0 unspecified atom stereocenters. The molecule has 1 amide bonds. The Balaban J connectivity index is 1.86. The minimum atomic E-state index is -0.00257. The number of carbonyl (C=O) groups is 1. The van der Waals surface area contributed by atoms with Crippen LogP contribution in [0.15, 0.2) is 65.8 Å². The molecular formula is C20H22N4OS. The van der Waals surface area contributed by atoms with Gasteiger partial charge in [-0.3, -0.25) is 9.36 Å². The molecule has 0 bridgehead atoms. The van der Waals surface area contributed by atoms with E-state index in [0.29, 0.717) is 12.2 Å². The van der Waals surface area contributed by atoms with Gasteiger partial charge in [-0.25, -0.2) is 0 Å². The monoisotopic (exact) mass is 366 g/mol. The van der Waals surface area contributed by atoms with Gasteiger partial charge in [-0.1, -0.05) is 60.3 Å². The Hall–Kier alpha value is -2.60. The maximum Gasteiger partial charge on any atom is 0.230 e. The number of benzene rings is 2. The molecule has 1 heterocycles. The number of aromatic nitrogens is 3. The molecule has 0 radical (unpaired) electrons. The average Bonchev–Trinajstić information content (AvgIpc) is 3.03. The molecule has 134 valence electrons. The Morgan fingerprint density at radius 1 is 1.04 bits per heavy atom. The number of carbonyl (C=O) groups excluding carboxylic acids is 1. The van der Waals surface area contributed by atoms with Crippen molar-refractivity contribution in [2.24, 2.45) is 0 Å². The topological polar surface area (TPSA) is 59.8 Å². The van der Waals surface area contributed by atoms with Crippen molar-refractivity contribution in [2.75, 3.05) is 5.75 Å². The van der Waals surface area contributed by atoms with Gasteiger partial charge in [-0.2, -0.15) is 0 Å². The number of hydrogen-bond donors (Lipinski definition) is 1. The Morgan fingerprint density at radius 3 is 2.35 bits per heavy atom. The van der Waals surface area contributed by atoms with Crippen LogP contribution in [0.2, 0.25) is 0 Å². The van der Waals surface area contributed by atoms with Gasteiger partial charge in [0.1, 0.15) is 5.82 Å². The van der Waals surface area contributed by atoms with Crippen molar-refractivity contribution in [3.63, 3.8) is 0 Å². The Morgan fingerprint density at radius 2 is 1.69 bits per heavy atom. The van der Waals surface area contributed by atoms with Crippen molar-refractivity contribution in [3.05, 3.63) is 72.1 Å². The molecule has 2 aromatic carbocycles. The summed E-state index contributed by atoms with van der Waals surface area (Å²) in [6, 6.07) is 20.3. The lowest BCUT2D eigenvalue weighted by Crippen LogP contribution is -2.31. The van der Waals surface area contributed by atoms with E-state index in [1.54, 1.807) is 0 Å². The minimum Gasteiger partial charge on any atom is -0.353 e. The molecule has 6 heteroatoms. The molecule has 0 aliphatic heterocycles. The summed E-state index contributed by atoms with van der Waals surface area (Å²) >= 11 is 1.40. The van der Waals surface area contributed by atoms with Gasteiger partial charge < -0.3 is 5.32 Å². The lowest BCUT2D eigenvalue weighted by molar-refractivity contribution is -0.119. The molecule has 1 aromatic heterocycles. The van der Waals surface area contributed by atoms with Gasteiger partial charge in [0.15, 0.2) is 5.16 Å². The van der Waals surface area contributed by atoms with E-state index in [1.807, 2.05) is 66.9 Å². The minimum absolute atomic E-state index is 0.00257. The highest BCUT2D eigenvalue weighted by molar-refractivity contribution is 7.99. The molecule has 3 aromatic rings. The van der Waals surface area contributed by atoms with Crippen LogP contribution in [0.5, 0.6) is 0 Å². The molecule has 0 atom stereocenters. The van der Waals surface area contributed by atoms with Crippen molar-refractivity contribution in [3.8, 4) is 5.69 Å². The van der Waals surface area contributed by atoms with Gasteiger partial charge in [0.25, 0.3) is 0 Å². The third-order valence-corrected chi connectivity index (χ3v) is 4.63. The fourth-order valence-corrected chi connectivity index (χ4v) is 3.40. The van der Waals surface area contributed by atoms with Crippen LogP contribution in [-0.4, -0.2) is 32.5 Å². The zero-order valence-electron chi connectivity index (χ0n) is 14.9. The van der Waals surface area contributed by atoms with E-state index in [-0.39, 0.29) is 11.9 Å². The van der Waals surface area contributed by atoms with E-state index in [1.165, 1.54) is 17.3 Å². The predicted octanol–water partition coefficient (Wildman–Crippen LogP) is 3.47. The van der Waals surface area contributed by atoms with Gasteiger partial charge in [0.2, 0.25) is 5.91 Å². The number of nitrogens with one attached hydrogen (secondary N) is 1. The largest absolute Gasteiger partial charge is 0.353 e. The first-order valence-electron chi connectivity index (χ1n) is 8.59. The second kappa shape index (κ2) is 8.67. The predicted molar refractivity (Wildman–Crippen MR) is 105 cm³/mol. The van der Waals surface area contributed by atoms with E-state index < -0.39 is 0 Å². The van der Waals surface area contributed by atoms with Crippen LogP contribution < -0.4 is 5.32 Å². The molecule has 0 spiro atoms.